The second kappa shape index (κ2) is 3.76. The van der Waals surface area contributed by atoms with Crippen molar-refractivity contribution in [3.8, 4) is 0 Å². The topological polar surface area (TPSA) is 24.9 Å². The molecule has 2 rings (SSSR count). The average molecular weight is 186 g/mol. The number of nitrogens with zero attached hydrogens (tertiary/aromatic N) is 1. The van der Waals surface area contributed by atoms with E-state index in [1.807, 2.05) is 19.3 Å². The summed E-state index contributed by atoms with van der Waals surface area (Å²) in [6.07, 6.45) is 1.82. The molecule has 1 heterocycles. The van der Waals surface area contributed by atoms with Gasteiger partial charge in [-0.05, 0) is 37.7 Å². The first-order valence-corrected chi connectivity index (χ1v) is 4.83. The summed E-state index contributed by atoms with van der Waals surface area (Å²) in [5, 5.41) is 4.43. The van der Waals surface area contributed by atoms with Gasteiger partial charge < -0.3 is 5.32 Å². The molecule has 0 radical (unpaired) electrons. The van der Waals surface area contributed by atoms with Gasteiger partial charge in [-0.3, -0.25) is 4.98 Å². The Morgan fingerprint density at radius 1 is 1.29 bits per heavy atom. The average Bonchev–Trinajstić information content (AvgIpc) is 2.27. The molecule has 2 heteroatoms. The lowest BCUT2D eigenvalue weighted by molar-refractivity contribution is 0.653. The van der Waals surface area contributed by atoms with Crippen LogP contribution in [0.2, 0.25) is 0 Å². The zero-order valence-corrected chi connectivity index (χ0v) is 8.49. The maximum Gasteiger partial charge on any atom is 0.0702 e. The van der Waals surface area contributed by atoms with Crippen LogP contribution in [0.25, 0.3) is 10.9 Å². The molecule has 2 nitrogen and oxygen atoms in total. The normalized spacial score (nSPS) is 13.0. The Labute approximate surface area is 84.0 Å². The summed E-state index contributed by atoms with van der Waals surface area (Å²) in [5.74, 6) is 0. The minimum atomic E-state index is 0.389. The molecule has 0 aliphatic heterocycles. The lowest BCUT2D eigenvalue weighted by Crippen LogP contribution is -2.11. The maximum absolute atomic E-state index is 4.29. The van der Waals surface area contributed by atoms with E-state index in [9.17, 15) is 0 Å². The Hall–Kier alpha value is -1.41. The smallest absolute Gasteiger partial charge is 0.0702 e. The zero-order chi connectivity index (χ0) is 9.97. The molecule has 0 fully saturated rings. The Balaban J connectivity index is 2.51. The molecular formula is C12H14N2. The van der Waals surface area contributed by atoms with Crippen LogP contribution in [0.5, 0.6) is 0 Å². The number of hydrogen-bond acceptors (Lipinski definition) is 2. The van der Waals surface area contributed by atoms with Gasteiger partial charge in [0.05, 0.1) is 5.52 Å². The van der Waals surface area contributed by atoms with Crippen molar-refractivity contribution >= 4 is 10.9 Å². The van der Waals surface area contributed by atoms with Crippen molar-refractivity contribution < 1.29 is 0 Å². The van der Waals surface area contributed by atoms with Crippen molar-refractivity contribution in [2.24, 2.45) is 0 Å². The molecule has 72 valence electrons. The minimum absolute atomic E-state index is 0.389. The van der Waals surface area contributed by atoms with Gasteiger partial charge >= 0.3 is 0 Å². The molecule has 0 aliphatic rings. The van der Waals surface area contributed by atoms with Crippen molar-refractivity contribution in [2.75, 3.05) is 7.05 Å². The van der Waals surface area contributed by atoms with Gasteiger partial charge in [-0.25, -0.2) is 0 Å². The molecule has 1 unspecified atom stereocenters. The number of benzene rings is 1. The van der Waals surface area contributed by atoms with Crippen molar-refractivity contribution in [1.29, 1.82) is 0 Å². The summed E-state index contributed by atoms with van der Waals surface area (Å²) >= 11 is 0. The number of hydrogen-bond donors (Lipinski definition) is 1. The monoisotopic (exact) mass is 186 g/mol. The van der Waals surface area contributed by atoms with Gasteiger partial charge in [0.15, 0.2) is 0 Å². The number of rotatable bonds is 2. The summed E-state index contributed by atoms with van der Waals surface area (Å²) in [4.78, 5) is 4.29. The fourth-order valence-corrected chi connectivity index (χ4v) is 1.53. The Morgan fingerprint density at radius 2 is 2.14 bits per heavy atom. The summed E-state index contributed by atoms with van der Waals surface area (Å²) in [6, 6.07) is 10.8. The van der Waals surface area contributed by atoms with Crippen molar-refractivity contribution in [3.63, 3.8) is 0 Å². The lowest BCUT2D eigenvalue weighted by Gasteiger charge is -2.10. The van der Waals surface area contributed by atoms with Crippen LogP contribution in [0.1, 0.15) is 18.5 Å². The SMILES string of the molecule is CNC(C)c1ccc2ncccc2c1. The fourth-order valence-electron chi connectivity index (χ4n) is 1.53. The van der Waals surface area contributed by atoms with Gasteiger partial charge in [-0.15, -0.1) is 0 Å². The Morgan fingerprint density at radius 3 is 2.93 bits per heavy atom. The molecule has 1 N–H and O–H groups in total. The molecule has 1 aromatic carbocycles. The zero-order valence-electron chi connectivity index (χ0n) is 8.49. The van der Waals surface area contributed by atoms with Crippen LogP contribution in [-0.2, 0) is 0 Å². The predicted molar refractivity (Wildman–Crippen MR) is 59.2 cm³/mol. The van der Waals surface area contributed by atoms with Gasteiger partial charge in [-0.2, -0.15) is 0 Å². The van der Waals surface area contributed by atoms with Crippen LogP contribution in [-0.4, -0.2) is 12.0 Å². The van der Waals surface area contributed by atoms with Gasteiger partial charge in [0.25, 0.3) is 0 Å². The van der Waals surface area contributed by atoms with E-state index in [-0.39, 0.29) is 0 Å². The molecular weight excluding hydrogens is 172 g/mol. The lowest BCUT2D eigenvalue weighted by atomic mass is 10.1. The highest BCUT2D eigenvalue weighted by molar-refractivity contribution is 5.79. The van der Waals surface area contributed by atoms with Crippen LogP contribution >= 0.6 is 0 Å². The molecule has 2 aromatic rings. The quantitative estimate of drug-likeness (QED) is 0.779. The molecule has 0 spiro atoms. The van der Waals surface area contributed by atoms with Gasteiger partial charge in [0.2, 0.25) is 0 Å². The molecule has 1 aromatic heterocycles. The largest absolute Gasteiger partial charge is 0.313 e. The van der Waals surface area contributed by atoms with Crippen LogP contribution in [0.4, 0.5) is 0 Å². The second-order valence-electron chi connectivity index (χ2n) is 3.47. The highest BCUT2D eigenvalue weighted by Gasteiger charge is 2.02. The molecule has 0 saturated carbocycles. The number of aromatic nitrogens is 1. The standard InChI is InChI=1S/C12H14N2/c1-9(13-2)10-5-6-12-11(8-10)4-3-7-14-12/h3-9,13H,1-2H3. The number of nitrogens with one attached hydrogen (secondary N) is 1. The van der Waals surface area contributed by atoms with Crippen molar-refractivity contribution in [3.05, 3.63) is 42.1 Å². The first-order chi connectivity index (χ1) is 6.81. The molecule has 1 atom stereocenters. The third-order valence-corrected chi connectivity index (χ3v) is 2.56. The van der Waals surface area contributed by atoms with E-state index in [0.717, 1.165) is 5.52 Å². The molecule has 14 heavy (non-hydrogen) atoms. The van der Waals surface area contributed by atoms with Crippen LogP contribution in [0.15, 0.2) is 36.5 Å². The maximum atomic E-state index is 4.29. The van der Waals surface area contributed by atoms with Crippen molar-refractivity contribution in [2.45, 2.75) is 13.0 Å². The summed E-state index contributed by atoms with van der Waals surface area (Å²) < 4.78 is 0. The molecule has 0 aliphatic carbocycles. The van der Waals surface area contributed by atoms with E-state index in [1.165, 1.54) is 10.9 Å². The van der Waals surface area contributed by atoms with Crippen LogP contribution in [0.3, 0.4) is 0 Å². The predicted octanol–water partition coefficient (Wildman–Crippen LogP) is 2.52. The van der Waals surface area contributed by atoms with E-state index in [0.29, 0.717) is 6.04 Å². The molecule has 0 bridgehead atoms. The van der Waals surface area contributed by atoms with E-state index in [2.05, 4.69) is 41.5 Å². The Bertz CT molecular complexity index is 437. The van der Waals surface area contributed by atoms with Crippen LogP contribution < -0.4 is 5.32 Å². The first-order valence-electron chi connectivity index (χ1n) is 4.83. The highest BCUT2D eigenvalue weighted by Crippen LogP contribution is 2.18. The number of pyridine rings is 1. The summed E-state index contributed by atoms with van der Waals surface area (Å²) in [7, 11) is 1.97. The van der Waals surface area contributed by atoms with Crippen LogP contribution in [0, 0.1) is 0 Å². The first kappa shape index (κ1) is 9.16. The van der Waals surface area contributed by atoms with E-state index >= 15 is 0 Å². The third kappa shape index (κ3) is 1.61. The van der Waals surface area contributed by atoms with Gasteiger partial charge in [-0.1, -0.05) is 12.1 Å². The molecule has 0 saturated heterocycles. The minimum Gasteiger partial charge on any atom is -0.313 e. The fraction of sp³-hybridized carbons (Fsp3) is 0.250. The van der Waals surface area contributed by atoms with Gasteiger partial charge in [0.1, 0.15) is 0 Å². The van der Waals surface area contributed by atoms with E-state index in [4.69, 9.17) is 0 Å². The van der Waals surface area contributed by atoms with Gasteiger partial charge in [0, 0.05) is 17.6 Å². The highest BCUT2D eigenvalue weighted by atomic mass is 14.8. The summed E-state index contributed by atoms with van der Waals surface area (Å²) in [6.45, 7) is 2.15. The van der Waals surface area contributed by atoms with E-state index in [1.54, 1.807) is 0 Å². The van der Waals surface area contributed by atoms with Crippen molar-refractivity contribution in [1.82, 2.24) is 10.3 Å². The number of fused-ring (bicyclic) bond motifs is 1. The second-order valence-corrected chi connectivity index (χ2v) is 3.47. The summed E-state index contributed by atoms with van der Waals surface area (Å²) in [5.41, 5.74) is 2.35. The van der Waals surface area contributed by atoms with E-state index < -0.39 is 0 Å². The third-order valence-electron chi connectivity index (χ3n) is 2.56. The molecule has 0 amide bonds. The Kier molecular flexibility index (Phi) is 2.46.